The predicted octanol–water partition coefficient (Wildman–Crippen LogP) is 1.82. The van der Waals surface area contributed by atoms with Gasteiger partial charge in [0.05, 0.1) is 106 Å². The zero-order valence-corrected chi connectivity index (χ0v) is 23.9. The SMILES string of the molecule is CCCCCCCCOCCOCCOCCOCCOCCOCCOCCOCCO.O=S(=O)(O)O. The topological polar surface area (TPSA) is 169 Å². The zero-order valence-electron chi connectivity index (χ0n) is 23.1. The molecule has 0 fully saturated rings. The summed E-state index contributed by atoms with van der Waals surface area (Å²) in [6, 6.07) is 0. The van der Waals surface area contributed by atoms with E-state index in [0.29, 0.717) is 99.1 Å². The average molecular weight is 581 g/mol. The maximum atomic E-state index is 8.74. The van der Waals surface area contributed by atoms with E-state index in [4.69, 9.17) is 60.5 Å². The van der Waals surface area contributed by atoms with E-state index in [9.17, 15) is 0 Å². The lowest BCUT2D eigenvalue weighted by molar-refractivity contribution is -0.0238. The third-order valence-corrected chi connectivity index (χ3v) is 4.48. The first-order chi connectivity index (χ1) is 18.4. The Morgan fingerprint density at radius 1 is 0.421 bits per heavy atom. The van der Waals surface area contributed by atoms with E-state index in [1.165, 1.54) is 32.1 Å². The van der Waals surface area contributed by atoms with Crippen molar-refractivity contribution in [3.63, 3.8) is 0 Å². The van der Waals surface area contributed by atoms with E-state index in [0.717, 1.165) is 13.0 Å². The Bertz CT molecular complexity index is 485. The molecule has 0 aliphatic rings. The van der Waals surface area contributed by atoms with Gasteiger partial charge in [-0.3, -0.25) is 9.11 Å². The fraction of sp³-hybridized carbons (Fsp3) is 1.00. The number of rotatable bonds is 30. The van der Waals surface area contributed by atoms with Gasteiger partial charge >= 0.3 is 10.4 Å². The lowest BCUT2D eigenvalue weighted by atomic mass is 10.1. The van der Waals surface area contributed by atoms with Gasteiger partial charge < -0.3 is 43.0 Å². The van der Waals surface area contributed by atoms with Gasteiger partial charge in [-0.2, -0.15) is 8.42 Å². The molecule has 0 aromatic rings. The molecule has 0 saturated heterocycles. The van der Waals surface area contributed by atoms with E-state index in [1.54, 1.807) is 0 Å². The molecule has 0 saturated carbocycles. The summed E-state index contributed by atoms with van der Waals surface area (Å²) in [4.78, 5) is 0. The molecule has 0 aromatic carbocycles. The van der Waals surface area contributed by atoms with Crippen molar-refractivity contribution in [3.05, 3.63) is 0 Å². The summed E-state index contributed by atoms with van der Waals surface area (Å²) in [5, 5.41) is 8.55. The molecule has 0 radical (unpaired) electrons. The van der Waals surface area contributed by atoms with E-state index in [-0.39, 0.29) is 6.61 Å². The predicted molar refractivity (Wildman–Crippen MR) is 141 cm³/mol. The Morgan fingerprint density at radius 3 is 0.947 bits per heavy atom. The molecular weight excluding hydrogens is 528 g/mol. The summed E-state index contributed by atoms with van der Waals surface area (Å²) >= 11 is 0. The van der Waals surface area contributed by atoms with Crippen molar-refractivity contribution >= 4 is 10.4 Å². The van der Waals surface area contributed by atoms with Gasteiger partial charge in [0.2, 0.25) is 0 Å². The molecule has 0 heterocycles. The quantitative estimate of drug-likeness (QED) is 0.0831. The third-order valence-electron chi connectivity index (χ3n) is 4.48. The van der Waals surface area contributed by atoms with Gasteiger partial charge in [0.15, 0.2) is 0 Å². The number of hydrogen-bond acceptors (Lipinski definition) is 11. The van der Waals surface area contributed by atoms with Crippen molar-refractivity contribution in [2.75, 3.05) is 112 Å². The lowest BCUT2D eigenvalue weighted by Crippen LogP contribution is -2.15. The first-order valence-corrected chi connectivity index (χ1v) is 14.7. The molecule has 0 rings (SSSR count). The molecule has 0 amide bonds. The minimum Gasteiger partial charge on any atom is -0.394 e. The largest absolute Gasteiger partial charge is 0.394 e. The molecular formula is C24H52O13S. The van der Waals surface area contributed by atoms with E-state index in [2.05, 4.69) is 6.92 Å². The van der Waals surface area contributed by atoms with Crippen LogP contribution in [0.3, 0.4) is 0 Å². The first-order valence-electron chi connectivity index (χ1n) is 13.3. The fourth-order valence-corrected chi connectivity index (χ4v) is 2.69. The summed E-state index contributed by atoms with van der Waals surface area (Å²) < 4.78 is 74.7. The number of aliphatic hydroxyl groups excluding tert-OH is 1. The van der Waals surface area contributed by atoms with Crippen LogP contribution in [0.5, 0.6) is 0 Å². The summed E-state index contributed by atoms with van der Waals surface area (Å²) in [6.45, 7) is 11.1. The molecule has 14 heteroatoms. The Labute approximate surface area is 228 Å². The number of aliphatic hydroxyl groups is 1. The van der Waals surface area contributed by atoms with E-state index >= 15 is 0 Å². The maximum Gasteiger partial charge on any atom is 0.394 e. The molecule has 0 bridgehead atoms. The average Bonchev–Trinajstić information content (AvgIpc) is 2.87. The number of hydrogen-bond donors (Lipinski definition) is 3. The van der Waals surface area contributed by atoms with Crippen molar-refractivity contribution in [1.82, 2.24) is 0 Å². The van der Waals surface area contributed by atoms with E-state index in [1.807, 2.05) is 0 Å². The van der Waals surface area contributed by atoms with E-state index < -0.39 is 10.4 Å². The van der Waals surface area contributed by atoms with Gasteiger partial charge in [0.25, 0.3) is 0 Å². The van der Waals surface area contributed by atoms with Crippen LogP contribution in [0.2, 0.25) is 0 Å². The molecule has 38 heavy (non-hydrogen) atoms. The fourth-order valence-electron chi connectivity index (χ4n) is 2.69. The summed E-state index contributed by atoms with van der Waals surface area (Å²) in [5.41, 5.74) is 0. The molecule has 13 nitrogen and oxygen atoms in total. The number of ether oxygens (including phenoxy) is 8. The Kier molecular flexibility index (Phi) is 36.0. The molecule has 232 valence electrons. The van der Waals surface area contributed by atoms with Gasteiger partial charge in [-0.05, 0) is 6.42 Å². The molecule has 0 aliphatic carbocycles. The normalized spacial score (nSPS) is 11.5. The van der Waals surface area contributed by atoms with Crippen LogP contribution in [0.1, 0.15) is 45.4 Å². The molecule has 0 aliphatic heterocycles. The van der Waals surface area contributed by atoms with Gasteiger partial charge in [-0.25, -0.2) is 0 Å². The maximum absolute atomic E-state index is 8.74. The van der Waals surface area contributed by atoms with Crippen LogP contribution in [-0.2, 0) is 48.3 Å². The van der Waals surface area contributed by atoms with Crippen molar-refractivity contribution in [3.8, 4) is 0 Å². The molecule has 0 unspecified atom stereocenters. The second-order valence-electron chi connectivity index (χ2n) is 7.84. The summed E-state index contributed by atoms with van der Waals surface area (Å²) in [7, 11) is -4.67. The lowest BCUT2D eigenvalue weighted by Gasteiger charge is -2.08. The van der Waals surface area contributed by atoms with Gasteiger partial charge in [-0.1, -0.05) is 39.0 Å². The van der Waals surface area contributed by atoms with Crippen LogP contribution in [-0.4, -0.2) is 135 Å². The van der Waals surface area contributed by atoms with Crippen LogP contribution in [0.25, 0.3) is 0 Å². The molecule has 3 N–H and O–H groups in total. The standard InChI is InChI=1S/C24H50O9.H2O4S/c1-2-3-4-5-6-7-9-26-11-13-28-15-17-30-19-21-32-23-24-33-22-20-31-18-16-29-14-12-27-10-8-25;1-5(2,3)4/h25H,2-24H2,1H3;(H2,1,2,3,4). The monoisotopic (exact) mass is 580 g/mol. The van der Waals surface area contributed by atoms with Crippen molar-refractivity contribution in [2.24, 2.45) is 0 Å². The van der Waals surface area contributed by atoms with Crippen LogP contribution in [0, 0.1) is 0 Å². The van der Waals surface area contributed by atoms with Crippen molar-refractivity contribution in [2.45, 2.75) is 45.4 Å². The Morgan fingerprint density at radius 2 is 0.658 bits per heavy atom. The molecule has 0 spiro atoms. The molecule has 0 atom stereocenters. The van der Waals surface area contributed by atoms with Gasteiger partial charge in [0, 0.05) is 6.61 Å². The highest BCUT2D eigenvalue weighted by Crippen LogP contribution is 2.04. The minimum atomic E-state index is -4.67. The van der Waals surface area contributed by atoms with Crippen LogP contribution in [0.15, 0.2) is 0 Å². The second-order valence-corrected chi connectivity index (χ2v) is 8.73. The highest BCUT2D eigenvalue weighted by atomic mass is 32.3. The molecule has 0 aromatic heterocycles. The highest BCUT2D eigenvalue weighted by Gasteiger charge is 1.95. The second kappa shape index (κ2) is 34.5. The Balaban J connectivity index is 0. The van der Waals surface area contributed by atoms with Gasteiger partial charge in [-0.15, -0.1) is 0 Å². The smallest absolute Gasteiger partial charge is 0.394 e. The van der Waals surface area contributed by atoms with Crippen molar-refractivity contribution in [1.29, 1.82) is 0 Å². The van der Waals surface area contributed by atoms with Crippen molar-refractivity contribution < 1.29 is 60.5 Å². The van der Waals surface area contributed by atoms with Gasteiger partial charge in [0.1, 0.15) is 0 Å². The van der Waals surface area contributed by atoms with Crippen LogP contribution < -0.4 is 0 Å². The van der Waals surface area contributed by atoms with Crippen LogP contribution >= 0.6 is 0 Å². The Hall–Kier alpha value is -0.490. The summed E-state index contributed by atoms with van der Waals surface area (Å²) in [6.07, 6.45) is 7.70. The third kappa shape index (κ3) is 48.6. The summed E-state index contributed by atoms with van der Waals surface area (Å²) in [5.74, 6) is 0. The number of unbranched alkanes of at least 4 members (excludes halogenated alkanes) is 5. The highest BCUT2D eigenvalue weighted by molar-refractivity contribution is 7.79. The minimum absolute atomic E-state index is 0.0351. The first kappa shape index (κ1) is 39.7. The zero-order chi connectivity index (χ0) is 28.4. The van der Waals surface area contributed by atoms with Crippen LogP contribution in [0.4, 0.5) is 0 Å².